The smallest absolute Gasteiger partial charge is 0.410 e. The van der Waals surface area contributed by atoms with Crippen LogP contribution in [-0.4, -0.2) is 65.4 Å². The first kappa shape index (κ1) is 23.3. The first-order valence-electron chi connectivity index (χ1n) is 11.5. The Hall–Kier alpha value is -4.40. The topological polar surface area (TPSA) is 115 Å². The summed E-state index contributed by atoms with van der Waals surface area (Å²) >= 11 is 0. The number of carboxylic acid groups (broad SMARTS) is 1. The van der Waals surface area contributed by atoms with Gasteiger partial charge in [-0.25, -0.2) is 19.4 Å². The number of amides is 1. The minimum Gasteiger partial charge on any atom is -0.480 e. The fourth-order valence-corrected chi connectivity index (χ4v) is 4.85. The van der Waals surface area contributed by atoms with E-state index in [0.29, 0.717) is 0 Å². The number of benzene rings is 2. The molecule has 2 aromatic carbocycles. The van der Waals surface area contributed by atoms with E-state index >= 15 is 0 Å². The first-order valence-corrected chi connectivity index (χ1v) is 11.5. The fourth-order valence-electron chi connectivity index (χ4n) is 4.85. The summed E-state index contributed by atoms with van der Waals surface area (Å²) in [6.07, 6.45) is 0.0982. The van der Waals surface area contributed by atoms with Crippen molar-refractivity contribution in [2.24, 2.45) is 0 Å². The van der Waals surface area contributed by atoms with Crippen LogP contribution in [0.2, 0.25) is 0 Å². The Balaban J connectivity index is 1.26. The molecule has 2 heterocycles. The van der Waals surface area contributed by atoms with Gasteiger partial charge in [-0.05, 0) is 28.3 Å². The maximum atomic E-state index is 13.0. The number of nitrogens with zero attached hydrogens (tertiary/aromatic N) is 2. The van der Waals surface area contributed by atoms with Crippen molar-refractivity contribution in [3.05, 3.63) is 83.6 Å². The summed E-state index contributed by atoms with van der Waals surface area (Å²) in [5.41, 5.74) is 4.63. The number of aliphatic carboxylic acids is 1. The largest absolute Gasteiger partial charge is 0.480 e. The van der Waals surface area contributed by atoms with Gasteiger partial charge in [0.2, 0.25) is 5.88 Å². The van der Waals surface area contributed by atoms with Gasteiger partial charge in [0, 0.05) is 24.6 Å². The van der Waals surface area contributed by atoms with Crippen molar-refractivity contribution in [3.8, 4) is 17.0 Å². The number of esters is 1. The predicted octanol–water partition coefficient (Wildman–Crippen LogP) is 3.72. The van der Waals surface area contributed by atoms with Crippen LogP contribution in [0.1, 0.15) is 33.8 Å². The molecule has 5 rings (SSSR count). The molecule has 1 saturated heterocycles. The molecule has 184 valence electrons. The number of ether oxygens (including phenoxy) is 3. The summed E-state index contributed by atoms with van der Waals surface area (Å²) in [6.45, 7) is 0.131. The van der Waals surface area contributed by atoms with Crippen LogP contribution in [0.15, 0.2) is 66.9 Å². The predicted molar refractivity (Wildman–Crippen MR) is 128 cm³/mol. The third kappa shape index (κ3) is 4.35. The average Bonchev–Trinajstić information content (AvgIpc) is 3.47. The minimum atomic E-state index is -1.14. The molecular weight excluding hydrogens is 464 g/mol. The lowest BCUT2D eigenvalue weighted by molar-refractivity contribution is -0.141. The van der Waals surface area contributed by atoms with E-state index in [2.05, 4.69) is 9.72 Å². The highest BCUT2D eigenvalue weighted by atomic mass is 16.6. The molecule has 3 aromatic rings. The summed E-state index contributed by atoms with van der Waals surface area (Å²) in [7, 11) is 1.27. The zero-order chi connectivity index (χ0) is 25.2. The molecular formula is C27H24N2O7. The van der Waals surface area contributed by atoms with Crippen molar-refractivity contribution in [2.45, 2.75) is 24.5 Å². The van der Waals surface area contributed by atoms with E-state index in [1.807, 2.05) is 48.5 Å². The van der Waals surface area contributed by atoms with E-state index < -0.39 is 30.2 Å². The quantitative estimate of drug-likeness (QED) is 0.522. The molecule has 2 aliphatic rings. The highest BCUT2D eigenvalue weighted by molar-refractivity contribution is 5.89. The number of carboxylic acids is 1. The van der Waals surface area contributed by atoms with Crippen molar-refractivity contribution in [1.29, 1.82) is 0 Å². The first-order chi connectivity index (χ1) is 17.5. The van der Waals surface area contributed by atoms with Gasteiger partial charge in [-0.1, -0.05) is 48.5 Å². The Morgan fingerprint density at radius 3 is 2.25 bits per heavy atom. The minimum absolute atomic E-state index is 0.0358. The van der Waals surface area contributed by atoms with E-state index in [4.69, 9.17) is 9.47 Å². The molecule has 0 radical (unpaired) electrons. The van der Waals surface area contributed by atoms with Crippen molar-refractivity contribution >= 4 is 18.0 Å². The van der Waals surface area contributed by atoms with E-state index in [-0.39, 0.29) is 36.9 Å². The zero-order valence-corrected chi connectivity index (χ0v) is 19.5. The van der Waals surface area contributed by atoms with E-state index in [1.165, 1.54) is 30.3 Å². The Morgan fingerprint density at radius 1 is 1.00 bits per heavy atom. The second kappa shape index (κ2) is 9.69. The van der Waals surface area contributed by atoms with Gasteiger partial charge in [0.25, 0.3) is 0 Å². The molecule has 0 saturated carbocycles. The molecule has 9 nitrogen and oxygen atoms in total. The Labute approximate surface area is 207 Å². The van der Waals surface area contributed by atoms with Gasteiger partial charge < -0.3 is 19.3 Å². The molecule has 1 aliphatic heterocycles. The van der Waals surface area contributed by atoms with Crippen LogP contribution in [-0.2, 0) is 14.3 Å². The molecule has 9 heteroatoms. The Kier molecular flexibility index (Phi) is 6.28. The van der Waals surface area contributed by atoms with Crippen LogP contribution in [0.3, 0.4) is 0 Å². The lowest BCUT2D eigenvalue weighted by atomic mass is 9.98. The molecule has 1 fully saturated rings. The normalized spacial score (nSPS) is 18.3. The number of hydrogen-bond donors (Lipinski definition) is 1. The number of rotatable bonds is 6. The van der Waals surface area contributed by atoms with E-state index in [9.17, 15) is 19.5 Å². The lowest BCUT2D eigenvalue weighted by Gasteiger charge is -2.22. The maximum Gasteiger partial charge on any atom is 0.410 e. The van der Waals surface area contributed by atoms with Crippen LogP contribution >= 0.6 is 0 Å². The van der Waals surface area contributed by atoms with Crippen molar-refractivity contribution in [3.63, 3.8) is 0 Å². The summed E-state index contributed by atoms with van der Waals surface area (Å²) < 4.78 is 16.1. The molecule has 1 amide bonds. The van der Waals surface area contributed by atoms with Crippen LogP contribution in [0.25, 0.3) is 11.1 Å². The fraction of sp³-hybridized carbons (Fsp3) is 0.259. The van der Waals surface area contributed by atoms with Gasteiger partial charge in [0.15, 0.2) is 0 Å². The third-order valence-electron chi connectivity index (χ3n) is 6.56. The summed E-state index contributed by atoms with van der Waals surface area (Å²) in [5, 5.41) is 9.71. The highest BCUT2D eigenvalue weighted by Crippen LogP contribution is 2.44. The van der Waals surface area contributed by atoms with Crippen LogP contribution in [0.4, 0.5) is 4.79 Å². The third-order valence-corrected chi connectivity index (χ3v) is 6.56. The van der Waals surface area contributed by atoms with Gasteiger partial charge in [-0.3, -0.25) is 4.90 Å². The molecule has 2 unspecified atom stereocenters. The average molecular weight is 488 g/mol. The second-order valence-electron chi connectivity index (χ2n) is 8.66. The Bertz CT molecular complexity index is 1260. The van der Waals surface area contributed by atoms with Crippen molar-refractivity contribution < 1.29 is 33.7 Å². The summed E-state index contributed by atoms with van der Waals surface area (Å²) in [5.74, 6) is -1.58. The van der Waals surface area contributed by atoms with Crippen LogP contribution in [0.5, 0.6) is 5.88 Å². The number of carbonyl (C=O) groups excluding carboxylic acids is 2. The highest BCUT2D eigenvalue weighted by Gasteiger charge is 2.42. The number of aromatic nitrogens is 1. The van der Waals surface area contributed by atoms with E-state index in [1.54, 1.807) is 0 Å². The molecule has 36 heavy (non-hydrogen) atoms. The van der Waals surface area contributed by atoms with Crippen molar-refractivity contribution in [2.75, 3.05) is 20.3 Å². The maximum absolute atomic E-state index is 13.0. The molecule has 1 N–H and O–H groups in total. The van der Waals surface area contributed by atoms with Crippen molar-refractivity contribution in [1.82, 2.24) is 9.88 Å². The SMILES string of the molecule is COC(=O)c1ccc(OC2CC(C(=O)O)N(C(=O)OCC3c4ccccc4-c4ccccc43)C2)nc1. The number of methoxy groups -OCH3 is 1. The number of pyridine rings is 1. The summed E-state index contributed by atoms with van der Waals surface area (Å²) in [4.78, 5) is 41.7. The molecule has 0 spiro atoms. The summed E-state index contributed by atoms with van der Waals surface area (Å²) in [6, 6.07) is 17.9. The van der Waals surface area contributed by atoms with Crippen LogP contribution < -0.4 is 4.74 Å². The standard InChI is InChI=1S/C27H24N2O7/c1-34-26(32)16-10-11-24(28-13-16)36-17-12-23(25(30)31)29(14-17)27(33)35-15-22-20-8-4-2-6-18(20)19-7-3-5-9-21(19)22/h2-11,13,17,22-23H,12,14-15H2,1H3,(H,30,31). The lowest BCUT2D eigenvalue weighted by Crippen LogP contribution is -2.41. The molecule has 1 aromatic heterocycles. The van der Waals surface area contributed by atoms with Gasteiger partial charge >= 0.3 is 18.0 Å². The second-order valence-corrected chi connectivity index (χ2v) is 8.66. The number of carbonyl (C=O) groups is 3. The van der Waals surface area contributed by atoms with Gasteiger partial charge in [0.05, 0.1) is 19.2 Å². The Morgan fingerprint density at radius 2 is 1.67 bits per heavy atom. The molecule has 1 aliphatic carbocycles. The molecule has 2 atom stereocenters. The van der Waals surface area contributed by atoms with Gasteiger partial charge in [0.1, 0.15) is 18.8 Å². The number of fused-ring (bicyclic) bond motifs is 3. The van der Waals surface area contributed by atoms with Gasteiger partial charge in [-0.2, -0.15) is 0 Å². The van der Waals surface area contributed by atoms with Crippen LogP contribution in [0, 0.1) is 0 Å². The molecule has 0 bridgehead atoms. The monoisotopic (exact) mass is 488 g/mol. The van der Waals surface area contributed by atoms with Gasteiger partial charge in [-0.15, -0.1) is 0 Å². The van der Waals surface area contributed by atoms with E-state index in [0.717, 1.165) is 22.3 Å². The number of likely N-dealkylation sites (tertiary alicyclic amines) is 1. The zero-order valence-electron chi connectivity index (χ0n) is 19.5. The number of hydrogen-bond acceptors (Lipinski definition) is 7.